The number of hydrogen-bond acceptors (Lipinski definition) is 2. The lowest BCUT2D eigenvalue weighted by Crippen LogP contribution is -1.97. The maximum absolute atomic E-state index is 5.20. The van der Waals surface area contributed by atoms with Gasteiger partial charge in [-0.05, 0) is 19.1 Å². The van der Waals surface area contributed by atoms with Crippen molar-refractivity contribution in [2.75, 3.05) is 6.61 Å². The van der Waals surface area contributed by atoms with E-state index in [-0.39, 0.29) is 0 Å². The zero-order valence-electron chi connectivity index (χ0n) is 7.45. The number of ether oxygens (including phenoxy) is 1. The van der Waals surface area contributed by atoms with Gasteiger partial charge in [-0.15, -0.1) is 0 Å². The summed E-state index contributed by atoms with van der Waals surface area (Å²) in [6, 6.07) is 9.77. The Balaban J connectivity index is 2.67. The van der Waals surface area contributed by atoms with Crippen LogP contribution in [-0.4, -0.2) is 12.5 Å². The number of benzene rings is 1. The number of aliphatic imine (C=N–C) groups is 1. The first kappa shape index (κ1) is 8.78. The van der Waals surface area contributed by atoms with Crippen molar-refractivity contribution in [3.8, 4) is 0 Å². The van der Waals surface area contributed by atoms with E-state index in [4.69, 9.17) is 4.74 Å². The Bertz CT molecular complexity index is 254. The molecule has 0 aliphatic carbocycles. The van der Waals surface area contributed by atoms with Gasteiger partial charge in [0, 0.05) is 6.92 Å². The van der Waals surface area contributed by atoms with Gasteiger partial charge in [0.15, 0.2) is 5.90 Å². The van der Waals surface area contributed by atoms with Gasteiger partial charge in [0.1, 0.15) is 0 Å². The molecule has 12 heavy (non-hydrogen) atoms. The SMILES string of the molecule is CCOC(C)=Nc1ccccc1. The predicted molar refractivity (Wildman–Crippen MR) is 50.8 cm³/mol. The fourth-order valence-corrected chi connectivity index (χ4v) is 0.925. The zero-order valence-corrected chi connectivity index (χ0v) is 7.45. The van der Waals surface area contributed by atoms with Crippen molar-refractivity contribution in [1.82, 2.24) is 0 Å². The fourth-order valence-electron chi connectivity index (χ4n) is 0.925. The van der Waals surface area contributed by atoms with Crippen molar-refractivity contribution < 1.29 is 4.74 Å². The van der Waals surface area contributed by atoms with E-state index in [1.807, 2.05) is 44.2 Å². The van der Waals surface area contributed by atoms with Crippen LogP contribution in [0.15, 0.2) is 35.3 Å². The summed E-state index contributed by atoms with van der Waals surface area (Å²) >= 11 is 0. The summed E-state index contributed by atoms with van der Waals surface area (Å²) in [5, 5.41) is 0. The Morgan fingerprint density at radius 2 is 2.00 bits per heavy atom. The van der Waals surface area contributed by atoms with Crippen LogP contribution in [0.5, 0.6) is 0 Å². The molecule has 0 aliphatic rings. The second-order valence-electron chi connectivity index (χ2n) is 2.40. The second kappa shape index (κ2) is 4.54. The summed E-state index contributed by atoms with van der Waals surface area (Å²) in [6.07, 6.45) is 0. The number of nitrogens with zero attached hydrogens (tertiary/aromatic N) is 1. The maximum Gasteiger partial charge on any atom is 0.185 e. The van der Waals surface area contributed by atoms with E-state index >= 15 is 0 Å². The molecule has 0 unspecified atom stereocenters. The van der Waals surface area contributed by atoms with E-state index in [0.717, 1.165) is 5.69 Å². The summed E-state index contributed by atoms with van der Waals surface area (Å²) in [5.74, 6) is 0.712. The normalized spacial score (nSPS) is 11.3. The van der Waals surface area contributed by atoms with Crippen LogP contribution < -0.4 is 0 Å². The van der Waals surface area contributed by atoms with Crippen molar-refractivity contribution >= 4 is 11.6 Å². The molecule has 0 saturated carbocycles. The molecule has 0 radical (unpaired) electrons. The molecule has 0 heterocycles. The van der Waals surface area contributed by atoms with Gasteiger partial charge in [-0.2, -0.15) is 0 Å². The molecule has 0 amide bonds. The maximum atomic E-state index is 5.20. The molecule has 2 heteroatoms. The van der Waals surface area contributed by atoms with Crippen LogP contribution in [-0.2, 0) is 4.74 Å². The van der Waals surface area contributed by atoms with Crippen LogP contribution >= 0.6 is 0 Å². The van der Waals surface area contributed by atoms with Gasteiger partial charge in [0.05, 0.1) is 12.3 Å². The van der Waals surface area contributed by atoms with Crippen LogP contribution in [0.3, 0.4) is 0 Å². The summed E-state index contributed by atoms with van der Waals surface area (Å²) in [4.78, 5) is 4.24. The Morgan fingerprint density at radius 3 is 2.58 bits per heavy atom. The lowest BCUT2D eigenvalue weighted by Gasteiger charge is -2.00. The molecule has 64 valence electrons. The molecule has 0 N–H and O–H groups in total. The Hall–Kier alpha value is -1.31. The topological polar surface area (TPSA) is 21.6 Å². The van der Waals surface area contributed by atoms with E-state index in [9.17, 15) is 0 Å². The lowest BCUT2D eigenvalue weighted by atomic mass is 10.3. The highest BCUT2D eigenvalue weighted by atomic mass is 16.5. The van der Waals surface area contributed by atoms with E-state index < -0.39 is 0 Å². The fraction of sp³-hybridized carbons (Fsp3) is 0.300. The minimum Gasteiger partial charge on any atom is -0.481 e. The van der Waals surface area contributed by atoms with Crippen LogP contribution in [0.1, 0.15) is 13.8 Å². The first-order chi connectivity index (χ1) is 5.83. The summed E-state index contributed by atoms with van der Waals surface area (Å²) in [7, 11) is 0. The molecule has 2 nitrogen and oxygen atoms in total. The third-order valence-electron chi connectivity index (χ3n) is 1.40. The molecule has 1 aromatic rings. The Morgan fingerprint density at radius 1 is 1.33 bits per heavy atom. The van der Waals surface area contributed by atoms with Crippen LogP contribution in [0.2, 0.25) is 0 Å². The largest absolute Gasteiger partial charge is 0.481 e. The van der Waals surface area contributed by atoms with E-state index in [1.54, 1.807) is 0 Å². The molecule has 1 aromatic carbocycles. The van der Waals surface area contributed by atoms with Gasteiger partial charge in [-0.3, -0.25) is 0 Å². The molecule has 0 atom stereocenters. The first-order valence-electron chi connectivity index (χ1n) is 4.06. The van der Waals surface area contributed by atoms with Crippen molar-refractivity contribution in [2.45, 2.75) is 13.8 Å². The van der Waals surface area contributed by atoms with Gasteiger partial charge in [-0.25, -0.2) is 4.99 Å². The Kier molecular flexibility index (Phi) is 3.33. The highest BCUT2D eigenvalue weighted by molar-refractivity contribution is 5.76. The zero-order chi connectivity index (χ0) is 8.81. The quantitative estimate of drug-likeness (QED) is 0.485. The molecule has 0 saturated heterocycles. The average Bonchev–Trinajstić information content (AvgIpc) is 2.06. The summed E-state index contributed by atoms with van der Waals surface area (Å²) in [5.41, 5.74) is 0.934. The van der Waals surface area contributed by atoms with E-state index in [2.05, 4.69) is 4.99 Å². The van der Waals surface area contributed by atoms with Gasteiger partial charge in [0.25, 0.3) is 0 Å². The van der Waals surface area contributed by atoms with Gasteiger partial charge < -0.3 is 4.74 Å². The highest BCUT2D eigenvalue weighted by Gasteiger charge is 1.89. The molecule has 1 rings (SSSR count). The molecule has 0 aliphatic heterocycles. The van der Waals surface area contributed by atoms with Crippen molar-refractivity contribution in [3.63, 3.8) is 0 Å². The molecule has 0 aromatic heterocycles. The van der Waals surface area contributed by atoms with Crippen molar-refractivity contribution in [1.29, 1.82) is 0 Å². The monoisotopic (exact) mass is 163 g/mol. The molecular weight excluding hydrogens is 150 g/mol. The minimum atomic E-state index is 0.669. The van der Waals surface area contributed by atoms with Crippen LogP contribution in [0, 0.1) is 0 Å². The number of rotatable bonds is 2. The van der Waals surface area contributed by atoms with E-state index in [1.165, 1.54) is 0 Å². The third kappa shape index (κ3) is 2.74. The van der Waals surface area contributed by atoms with Crippen molar-refractivity contribution in [2.24, 2.45) is 4.99 Å². The van der Waals surface area contributed by atoms with Gasteiger partial charge in [-0.1, -0.05) is 18.2 Å². The first-order valence-corrected chi connectivity index (χ1v) is 4.06. The van der Waals surface area contributed by atoms with Crippen LogP contribution in [0.25, 0.3) is 0 Å². The summed E-state index contributed by atoms with van der Waals surface area (Å²) < 4.78 is 5.20. The standard InChI is InChI=1S/C10H13NO/c1-3-12-9(2)11-10-7-5-4-6-8-10/h4-8H,3H2,1-2H3. The minimum absolute atomic E-state index is 0.669. The highest BCUT2D eigenvalue weighted by Crippen LogP contribution is 2.09. The van der Waals surface area contributed by atoms with Gasteiger partial charge >= 0.3 is 0 Å². The smallest absolute Gasteiger partial charge is 0.185 e. The summed E-state index contributed by atoms with van der Waals surface area (Å²) in [6.45, 7) is 4.47. The molecule has 0 spiro atoms. The molecule has 0 fully saturated rings. The van der Waals surface area contributed by atoms with E-state index in [0.29, 0.717) is 12.5 Å². The average molecular weight is 163 g/mol. The van der Waals surface area contributed by atoms with Gasteiger partial charge in [0.2, 0.25) is 0 Å². The third-order valence-corrected chi connectivity index (χ3v) is 1.40. The lowest BCUT2D eigenvalue weighted by molar-refractivity contribution is 0.325. The predicted octanol–water partition coefficient (Wildman–Crippen LogP) is 2.77. The number of para-hydroxylation sites is 1. The number of hydrogen-bond donors (Lipinski definition) is 0. The molecular formula is C10H13NO. The Labute approximate surface area is 72.9 Å². The second-order valence-corrected chi connectivity index (χ2v) is 2.40. The van der Waals surface area contributed by atoms with Crippen molar-refractivity contribution in [3.05, 3.63) is 30.3 Å². The van der Waals surface area contributed by atoms with Crippen LogP contribution in [0.4, 0.5) is 5.69 Å². The molecule has 0 bridgehead atoms.